The highest BCUT2D eigenvalue weighted by Gasteiger charge is 2.35. The zero-order valence-electron chi connectivity index (χ0n) is 14.2. The molecule has 0 radical (unpaired) electrons. The van der Waals surface area contributed by atoms with E-state index in [-0.39, 0.29) is 12.5 Å². The second-order valence-corrected chi connectivity index (χ2v) is 7.75. The Bertz CT molecular complexity index is 365. The molecule has 4 atom stereocenters. The van der Waals surface area contributed by atoms with Crippen LogP contribution in [-0.2, 0) is 9.59 Å². The van der Waals surface area contributed by atoms with Gasteiger partial charge in [-0.25, -0.2) is 0 Å². The fourth-order valence-electron chi connectivity index (χ4n) is 3.71. The van der Waals surface area contributed by atoms with Crippen LogP contribution >= 0.6 is 0 Å². The maximum absolute atomic E-state index is 10.8. The number of aldehydes is 1. The van der Waals surface area contributed by atoms with Crippen molar-refractivity contribution in [3.8, 4) is 0 Å². The van der Waals surface area contributed by atoms with Gasteiger partial charge in [-0.2, -0.15) is 0 Å². The Balaban J connectivity index is 2.32. The van der Waals surface area contributed by atoms with Crippen LogP contribution in [0.2, 0.25) is 0 Å². The monoisotopic (exact) mass is 312 g/mol. The normalized spacial score (nSPS) is 24.9. The first kappa shape index (κ1) is 19.1. The van der Waals surface area contributed by atoms with Gasteiger partial charge in [-0.3, -0.25) is 4.79 Å². The fraction of sp³-hybridized carbons (Fsp3) is 0.882. The SMILES string of the molecule is CC(C)(C)C1CCCC1CCC(N)CN[C@H](C=O)CC(=O)O. The van der Waals surface area contributed by atoms with E-state index in [4.69, 9.17) is 10.8 Å². The smallest absolute Gasteiger partial charge is 0.305 e. The van der Waals surface area contributed by atoms with Crippen molar-refractivity contribution < 1.29 is 14.7 Å². The molecule has 0 saturated heterocycles. The minimum absolute atomic E-state index is 0.0301. The fourth-order valence-corrected chi connectivity index (χ4v) is 3.71. The molecular weight excluding hydrogens is 280 g/mol. The van der Waals surface area contributed by atoms with Crippen molar-refractivity contribution in [3.05, 3.63) is 0 Å². The summed E-state index contributed by atoms with van der Waals surface area (Å²) in [4.78, 5) is 21.4. The van der Waals surface area contributed by atoms with Gasteiger partial charge in [0.1, 0.15) is 6.29 Å². The topological polar surface area (TPSA) is 92.4 Å². The minimum atomic E-state index is -0.975. The molecule has 3 unspecified atom stereocenters. The third-order valence-corrected chi connectivity index (χ3v) is 4.88. The van der Waals surface area contributed by atoms with Gasteiger partial charge >= 0.3 is 5.97 Å². The second kappa shape index (κ2) is 8.63. The highest BCUT2D eigenvalue weighted by Crippen LogP contribution is 2.45. The Labute approximate surface area is 134 Å². The summed E-state index contributed by atoms with van der Waals surface area (Å²) in [7, 11) is 0. The van der Waals surface area contributed by atoms with Crippen LogP contribution in [0.15, 0.2) is 0 Å². The minimum Gasteiger partial charge on any atom is -0.481 e. The molecule has 0 aromatic carbocycles. The third kappa shape index (κ3) is 6.44. The molecule has 1 aliphatic rings. The Morgan fingerprint density at radius 2 is 2.09 bits per heavy atom. The van der Waals surface area contributed by atoms with Crippen LogP contribution < -0.4 is 11.1 Å². The van der Waals surface area contributed by atoms with Crippen molar-refractivity contribution in [2.75, 3.05) is 6.54 Å². The summed E-state index contributed by atoms with van der Waals surface area (Å²) in [6.45, 7) is 7.44. The molecule has 128 valence electrons. The number of hydrogen-bond acceptors (Lipinski definition) is 4. The predicted molar refractivity (Wildman–Crippen MR) is 87.6 cm³/mol. The lowest BCUT2D eigenvalue weighted by atomic mass is 9.73. The van der Waals surface area contributed by atoms with Crippen molar-refractivity contribution in [2.45, 2.75) is 71.4 Å². The molecular formula is C17H32N2O3. The Kier molecular flexibility index (Phi) is 7.49. The molecule has 0 aliphatic heterocycles. The zero-order chi connectivity index (χ0) is 16.8. The maximum Gasteiger partial charge on any atom is 0.305 e. The standard InChI is InChI=1S/C17H32N2O3/c1-17(2,3)15-6-4-5-12(15)7-8-13(18)10-19-14(11-20)9-16(21)22/h11-15,19H,4-10,18H2,1-3H3,(H,21,22)/t12?,13?,14-,15?/m0/s1. The van der Waals surface area contributed by atoms with Crippen molar-refractivity contribution in [3.63, 3.8) is 0 Å². The molecule has 0 heterocycles. The van der Waals surface area contributed by atoms with Gasteiger partial charge in [0.15, 0.2) is 0 Å². The zero-order valence-corrected chi connectivity index (χ0v) is 14.2. The summed E-state index contributed by atoms with van der Waals surface area (Å²) in [5.74, 6) is 0.534. The lowest BCUT2D eigenvalue weighted by Gasteiger charge is -2.33. The highest BCUT2D eigenvalue weighted by molar-refractivity contribution is 5.73. The third-order valence-electron chi connectivity index (χ3n) is 4.88. The van der Waals surface area contributed by atoms with Gasteiger partial charge in [-0.15, -0.1) is 0 Å². The van der Waals surface area contributed by atoms with Gasteiger partial charge in [0.05, 0.1) is 12.5 Å². The first-order valence-corrected chi connectivity index (χ1v) is 8.40. The van der Waals surface area contributed by atoms with E-state index < -0.39 is 12.0 Å². The van der Waals surface area contributed by atoms with E-state index in [9.17, 15) is 9.59 Å². The largest absolute Gasteiger partial charge is 0.481 e. The number of rotatable bonds is 9. The maximum atomic E-state index is 10.8. The average molecular weight is 312 g/mol. The van der Waals surface area contributed by atoms with Crippen LogP contribution in [0.25, 0.3) is 0 Å². The summed E-state index contributed by atoms with van der Waals surface area (Å²) < 4.78 is 0. The Hall–Kier alpha value is -0.940. The number of hydrogen-bond donors (Lipinski definition) is 3. The summed E-state index contributed by atoms with van der Waals surface area (Å²) in [6.07, 6.45) is 6.41. The van der Waals surface area contributed by atoms with Crippen molar-refractivity contribution >= 4 is 12.3 Å². The van der Waals surface area contributed by atoms with Crippen LogP contribution in [0, 0.1) is 17.3 Å². The molecule has 5 nitrogen and oxygen atoms in total. The number of aliphatic carboxylic acids is 1. The van der Waals surface area contributed by atoms with Gasteiger partial charge in [0, 0.05) is 12.6 Å². The summed E-state index contributed by atoms with van der Waals surface area (Å²) in [5.41, 5.74) is 6.47. The van der Waals surface area contributed by atoms with Gasteiger partial charge in [0.2, 0.25) is 0 Å². The molecule has 1 saturated carbocycles. The van der Waals surface area contributed by atoms with Crippen LogP contribution in [0.1, 0.15) is 59.3 Å². The molecule has 1 rings (SSSR count). The van der Waals surface area contributed by atoms with Crippen molar-refractivity contribution in [1.29, 1.82) is 0 Å². The molecule has 22 heavy (non-hydrogen) atoms. The summed E-state index contributed by atoms with van der Waals surface area (Å²) in [5, 5.41) is 11.6. The molecule has 1 fully saturated rings. The predicted octanol–water partition coefficient (Wildman–Crippen LogP) is 2.19. The van der Waals surface area contributed by atoms with Gasteiger partial charge < -0.3 is 21.0 Å². The molecule has 0 amide bonds. The number of nitrogens with two attached hydrogens (primary N) is 1. The van der Waals surface area contributed by atoms with Gasteiger partial charge in [-0.05, 0) is 36.5 Å². The van der Waals surface area contributed by atoms with Crippen molar-refractivity contribution in [1.82, 2.24) is 5.32 Å². The number of nitrogens with one attached hydrogen (secondary N) is 1. The van der Waals surface area contributed by atoms with E-state index in [0.29, 0.717) is 18.2 Å². The number of carboxylic acids is 1. The van der Waals surface area contributed by atoms with E-state index in [2.05, 4.69) is 26.1 Å². The molecule has 0 aromatic heterocycles. The summed E-state index contributed by atoms with van der Waals surface area (Å²) in [6, 6.07) is -0.671. The molecule has 0 aromatic rings. The lowest BCUT2D eigenvalue weighted by Crippen LogP contribution is -2.41. The molecule has 1 aliphatic carbocycles. The Morgan fingerprint density at radius 1 is 1.41 bits per heavy atom. The highest BCUT2D eigenvalue weighted by atomic mass is 16.4. The lowest BCUT2D eigenvalue weighted by molar-refractivity contribution is -0.138. The van der Waals surface area contributed by atoms with E-state index in [1.54, 1.807) is 0 Å². The van der Waals surface area contributed by atoms with Crippen LogP contribution in [0.3, 0.4) is 0 Å². The average Bonchev–Trinajstić information content (AvgIpc) is 2.89. The summed E-state index contributed by atoms with van der Waals surface area (Å²) >= 11 is 0. The van der Waals surface area contributed by atoms with E-state index in [1.165, 1.54) is 19.3 Å². The molecule has 0 bridgehead atoms. The van der Waals surface area contributed by atoms with Crippen LogP contribution in [-0.4, -0.2) is 36.0 Å². The first-order valence-electron chi connectivity index (χ1n) is 8.40. The van der Waals surface area contributed by atoms with E-state index in [1.807, 2.05) is 0 Å². The van der Waals surface area contributed by atoms with Crippen molar-refractivity contribution in [2.24, 2.45) is 23.0 Å². The van der Waals surface area contributed by atoms with E-state index >= 15 is 0 Å². The first-order chi connectivity index (χ1) is 10.2. The molecule has 5 heteroatoms. The molecule has 0 spiro atoms. The van der Waals surface area contributed by atoms with Crippen LogP contribution in [0.5, 0.6) is 0 Å². The number of carbonyl (C=O) groups is 2. The second-order valence-electron chi connectivity index (χ2n) is 7.75. The van der Waals surface area contributed by atoms with Gasteiger partial charge in [0.25, 0.3) is 0 Å². The number of carboxylic acid groups (broad SMARTS) is 1. The van der Waals surface area contributed by atoms with E-state index in [0.717, 1.165) is 24.7 Å². The number of carbonyl (C=O) groups excluding carboxylic acids is 1. The quantitative estimate of drug-likeness (QED) is 0.568. The van der Waals surface area contributed by atoms with Gasteiger partial charge in [-0.1, -0.05) is 33.6 Å². The Morgan fingerprint density at radius 3 is 2.64 bits per heavy atom. The molecule has 4 N–H and O–H groups in total. The van der Waals surface area contributed by atoms with Crippen LogP contribution in [0.4, 0.5) is 0 Å².